The van der Waals surface area contributed by atoms with E-state index in [4.69, 9.17) is 34.8 Å². The van der Waals surface area contributed by atoms with Crippen LogP contribution in [0.5, 0.6) is 0 Å². The van der Waals surface area contributed by atoms with Gasteiger partial charge in [-0.2, -0.15) is 0 Å². The number of hydrogen-bond donors (Lipinski definition) is 0. The Balaban J connectivity index is 2.52. The summed E-state index contributed by atoms with van der Waals surface area (Å²) in [5.74, 6) is -4.74. The van der Waals surface area contributed by atoms with Crippen LogP contribution >= 0.6 is 34.8 Å². The molecule has 1 nitrogen and oxygen atoms in total. The van der Waals surface area contributed by atoms with E-state index in [-0.39, 0.29) is 37.5 Å². The molecule has 0 saturated carbocycles. The average Bonchev–Trinajstić information content (AvgIpc) is 2.57. The summed E-state index contributed by atoms with van der Waals surface area (Å²) >= 11 is 17.9. The highest BCUT2D eigenvalue weighted by molar-refractivity contribution is 6.48. The quantitative estimate of drug-likeness (QED) is 0.310. The molecule has 7 heteroatoms. The van der Waals surface area contributed by atoms with E-state index in [2.05, 4.69) is 0 Å². The monoisotopic (exact) mass is 462 g/mol. The molecule has 29 heavy (non-hydrogen) atoms. The highest BCUT2D eigenvalue weighted by atomic mass is 35.5. The van der Waals surface area contributed by atoms with Crippen LogP contribution in [-0.4, -0.2) is 11.7 Å². The second-order valence-corrected chi connectivity index (χ2v) is 8.62. The zero-order valence-corrected chi connectivity index (χ0v) is 18.6. The number of carbonyl (C=O) groups is 1. The third kappa shape index (κ3) is 5.78. The van der Waals surface area contributed by atoms with Crippen molar-refractivity contribution in [1.29, 1.82) is 0 Å². The van der Waals surface area contributed by atoms with Gasteiger partial charge in [0.1, 0.15) is 5.67 Å². The van der Waals surface area contributed by atoms with Gasteiger partial charge in [-0.1, -0.05) is 59.1 Å². The molecule has 0 aliphatic heterocycles. The highest BCUT2D eigenvalue weighted by Gasteiger charge is 2.34. The van der Waals surface area contributed by atoms with Crippen LogP contribution in [0.15, 0.2) is 36.4 Å². The van der Waals surface area contributed by atoms with Crippen LogP contribution in [0.3, 0.4) is 0 Å². The lowest BCUT2D eigenvalue weighted by molar-refractivity contribution is 0.00698. The van der Waals surface area contributed by atoms with Gasteiger partial charge in [0, 0.05) is 12.5 Å². The highest BCUT2D eigenvalue weighted by Crippen LogP contribution is 2.40. The Kier molecular flexibility index (Phi) is 7.14. The molecule has 0 bridgehead atoms. The predicted octanol–water partition coefficient (Wildman–Crippen LogP) is 8.51. The Labute approximate surface area is 183 Å². The Morgan fingerprint density at radius 2 is 1.55 bits per heavy atom. The minimum Gasteiger partial charge on any atom is -0.294 e. The molecule has 0 fully saturated rings. The van der Waals surface area contributed by atoms with Crippen molar-refractivity contribution in [1.82, 2.24) is 0 Å². The zero-order valence-electron chi connectivity index (χ0n) is 16.3. The van der Waals surface area contributed by atoms with Gasteiger partial charge in [0.05, 0.1) is 21.0 Å². The number of carbonyl (C=O) groups excluding carboxylic acids is 1. The van der Waals surface area contributed by atoms with Gasteiger partial charge in [-0.25, -0.2) is 13.2 Å². The molecule has 0 saturated heterocycles. The fourth-order valence-electron chi connectivity index (χ4n) is 3.00. The number of halogens is 6. The van der Waals surface area contributed by atoms with E-state index < -0.39 is 17.5 Å². The molecule has 0 radical (unpaired) electrons. The van der Waals surface area contributed by atoms with Crippen molar-refractivity contribution < 1.29 is 18.0 Å². The summed E-state index contributed by atoms with van der Waals surface area (Å²) in [7, 11) is 0. The molecule has 2 aromatic carbocycles. The van der Waals surface area contributed by atoms with Crippen molar-refractivity contribution >= 4 is 46.7 Å². The molecule has 1 unspecified atom stereocenters. The summed E-state index contributed by atoms with van der Waals surface area (Å²) in [5, 5.41) is 0.238. The molecule has 0 heterocycles. The topological polar surface area (TPSA) is 17.1 Å². The molecule has 0 aliphatic rings. The third-order valence-corrected chi connectivity index (χ3v) is 5.65. The van der Waals surface area contributed by atoms with Crippen LogP contribution in [0.25, 0.3) is 6.08 Å². The summed E-state index contributed by atoms with van der Waals surface area (Å²) in [5.41, 5.74) is -0.639. The molecule has 0 aliphatic carbocycles. The number of benzene rings is 2. The van der Waals surface area contributed by atoms with Crippen LogP contribution in [-0.2, 0) is 5.67 Å². The van der Waals surface area contributed by atoms with Crippen molar-refractivity contribution in [3.8, 4) is 0 Å². The summed E-state index contributed by atoms with van der Waals surface area (Å²) in [4.78, 5) is 11.8. The SMILES string of the molecule is CC(=O)c1ccc(/C=C/C(c2cc(Cl)c(Cl)c(Cl)c2)C(C)(F)F)cc1C(C)(C)F. The smallest absolute Gasteiger partial charge is 0.255 e. The lowest BCUT2D eigenvalue weighted by atomic mass is 9.89. The van der Waals surface area contributed by atoms with Crippen molar-refractivity contribution in [3.63, 3.8) is 0 Å². The fourth-order valence-corrected chi connectivity index (χ4v) is 3.61. The molecule has 156 valence electrons. The van der Waals surface area contributed by atoms with Gasteiger partial charge in [0.25, 0.3) is 5.92 Å². The van der Waals surface area contributed by atoms with Gasteiger partial charge in [-0.3, -0.25) is 4.79 Å². The Morgan fingerprint density at radius 3 is 2.00 bits per heavy atom. The molecular weight excluding hydrogens is 444 g/mol. The number of allylic oxidation sites excluding steroid dienone is 1. The second kappa shape index (κ2) is 8.71. The van der Waals surface area contributed by atoms with E-state index in [0.29, 0.717) is 5.56 Å². The first-order chi connectivity index (χ1) is 13.2. The van der Waals surface area contributed by atoms with Crippen molar-refractivity contribution in [2.45, 2.75) is 45.2 Å². The van der Waals surface area contributed by atoms with Crippen LogP contribution in [0.2, 0.25) is 15.1 Å². The molecule has 0 amide bonds. The Morgan fingerprint density at radius 1 is 1.00 bits per heavy atom. The van der Waals surface area contributed by atoms with Crippen LogP contribution in [0, 0.1) is 0 Å². The van der Waals surface area contributed by atoms with Crippen LogP contribution in [0.4, 0.5) is 13.2 Å². The number of hydrogen-bond acceptors (Lipinski definition) is 1. The van der Waals surface area contributed by atoms with Gasteiger partial charge >= 0.3 is 0 Å². The largest absolute Gasteiger partial charge is 0.294 e. The van der Waals surface area contributed by atoms with Crippen molar-refractivity contribution in [2.75, 3.05) is 0 Å². The standard InChI is InChI=1S/C22H20Cl3F3O/c1-12(29)15-7-5-13(9-17(15)21(2,3)26)6-8-16(22(4,27)28)14-10-18(23)20(25)19(24)11-14/h5-11,16H,1-4H3/b8-6+. The summed E-state index contributed by atoms with van der Waals surface area (Å²) < 4.78 is 43.2. The number of Topliss-reactive ketones (excluding diaryl/α,β-unsaturated/α-hetero) is 1. The fraction of sp³-hybridized carbons (Fsp3) is 0.318. The minimum absolute atomic E-state index is 0.0732. The Bertz CT molecular complexity index is 934. The maximum absolute atomic E-state index is 14.6. The van der Waals surface area contributed by atoms with E-state index in [1.165, 1.54) is 57.2 Å². The predicted molar refractivity (Wildman–Crippen MR) is 114 cm³/mol. The molecule has 0 spiro atoms. The van der Waals surface area contributed by atoms with E-state index in [1.54, 1.807) is 6.07 Å². The summed E-state index contributed by atoms with van der Waals surface area (Å²) in [6.45, 7) is 4.81. The van der Waals surface area contributed by atoms with Gasteiger partial charge in [-0.15, -0.1) is 0 Å². The zero-order chi connectivity index (χ0) is 22.1. The van der Waals surface area contributed by atoms with Crippen molar-refractivity contribution in [3.05, 3.63) is 73.7 Å². The summed E-state index contributed by atoms with van der Waals surface area (Å²) in [6.07, 6.45) is 2.76. The molecule has 0 N–H and O–H groups in total. The van der Waals surface area contributed by atoms with E-state index in [0.717, 1.165) is 6.92 Å². The van der Waals surface area contributed by atoms with E-state index >= 15 is 0 Å². The molecule has 1 atom stereocenters. The van der Waals surface area contributed by atoms with Gasteiger partial charge in [-0.05, 0) is 55.7 Å². The molecule has 2 rings (SSSR count). The first-order valence-corrected chi connectivity index (χ1v) is 9.90. The van der Waals surface area contributed by atoms with Crippen LogP contribution in [0.1, 0.15) is 60.7 Å². The first kappa shape index (κ1) is 23.8. The lowest BCUT2D eigenvalue weighted by Gasteiger charge is -2.22. The number of rotatable bonds is 6. The van der Waals surface area contributed by atoms with Gasteiger partial charge < -0.3 is 0 Å². The maximum Gasteiger partial charge on any atom is 0.255 e. The van der Waals surface area contributed by atoms with Crippen molar-refractivity contribution in [2.24, 2.45) is 0 Å². The third-order valence-electron chi connectivity index (χ3n) is 4.46. The van der Waals surface area contributed by atoms with Gasteiger partial charge in [0.15, 0.2) is 5.78 Å². The maximum atomic E-state index is 14.6. The van der Waals surface area contributed by atoms with Crippen LogP contribution < -0.4 is 0 Å². The normalized spacial score (nSPS) is 13.7. The number of ketones is 1. The van der Waals surface area contributed by atoms with Gasteiger partial charge in [0.2, 0.25) is 0 Å². The first-order valence-electron chi connectivity index (χ1n) is 8.76. The average molecular weight is 464 g/mol. The van der Waals surface area contributed by atoms with E-state index in [1.807, 2.05) is 0 Å². The molecular formula is C22H20Cl3F3O. The Hall–Kier alpha value is -1.49. The number of alkyl halides is 3. The summed E-state index contributed by atoms with van der Waals surface area (Å²) in [6, 6.07) is 7.25. The lowest BCUT2D eigenvalue weighted by Crippen LogP contribution is -2.20. The minimum atomic E-state index is -3.13. The van der Waals surface area contributed by atoms with E-state index in [9.17, 15) is 18.0 Å². The molecule has 2 aromatic rings. The second-order valence-electron chi connectivity index (χ2n) is 7.43. The molecule has 0 aromatic heterocycles.